The van der Waals surface area contributed by atoms with Crippen LogP contribution in [0.3, 0.4) is 0 Å². The smallest absolute Gasteiger partial charge is 0.295 e. The molecule has 35 heavy (non-hydrogen) atoms. The summed E-state index contributed by atoms with van der Waals surface area (Å²) in [4.78, 5) is 30.2. The summed E-state index contributed by atoms with van der Waals surface area (Å²) < 4.78 is 11.3. The van der Waals surface area contributed by atoms with Crippen LogP contribution in [-0.2, 0) is 9.59 Å². The van der Waals surface area contributed by atoms with Crippen LogP contribution in [-0.4, -0.2) is 66.5 Å². The van der Waals surface area contributed by atoms with Crippen LogP contribution in [0.2, 0.25) is 0 Å². The Balaban J connectivity index is 2.05. The van der Waals surface area contributed by atoms with Gasteiger partial charge in [-0.25, -0.2) is 0 Å². The van der Waals surface area contributed by atoms with Gasteiger partial charge in [-0.2, -0.15) is 0 Å². The minimum atomic E-state index is -0.751. The van der Waals surface area contributed by atoms with Crippen LogP contribution < -0.4 is 9.47 Å². The zero-order valence-corrected chi connectivity index (χ0v) is 21.3. The van der Waals surface area contributed by atoms with Crippen molar-refractivity contribution in [3.8, 4) is 11.5 Å². The highest BCUT2D eigenvalue weighted by molar-refractivity contribution is 6.46. The number of aliphatic hydroxyl groups excluding tert-OH is 1. The van der Waals surface area contributed by atoms with Crippen molar-refractivity contribution in [3.05, 3.63) is 65.2 Å². The lowest BCUT2D eigenvalue weighted by molar-refractivity contribution is -0.140. The summed E-state index contributed by atoms with van der Waals surface area (Å²) in [6, 6.07) is 13.5. The van der Waals surface area contributed by atoms with Crippen LogP contribution >= 0.6 is 0 Å². The molecule has 7 nitrogen and oxygen atoms in total. The fraction of sp³-hybridized carbons (Fsp3) is 0.429. The number of ketones is 1. The Morgan fingerprint density at radius 1 is 1.06 bits per heavy atom. The summed E-state index contributed by atoms with van der Waals surface area (Å²) in [5, 5.41) is 11.3. The van der Waals surface area contributed by atoms with Gasteiger partial charge in [-0.3, -0.25) is 9.59 Å². The molecule has 1 atom stereocenters. The Morgan fingerprint density at radius 3 is 2.31 bits per heavy atom. The Kier molecular flexibility index (Phi) is 8.93. The van der Waals surface area contributed by atoms with Gasteiger partial charge in [-0.05, 0) is 49.3 Å². The molecule has 0 aromatic heterocycles. The van der Waals surface area contributed by atoms with Gasteiger partial charge in [0.2, 0.25) is 0 Å². The van der Waals surface area contributed by atoms with E-state index in [-0.39, 0.29) is 11.3 Å². The molecule has 7 heteroatoms. The first-order valence-corrected chi connectivity index (χ1v) is 12.2. The highest BCUT2D eigenvalue weighted by atomic mass is 16.5. The molecule has 1 N–H and O–H groups in total. The Morgan fingerprint density at radius 2 is 1.71 bits per heavy atom. The number of Topliss-reactive ketones (excluding diaryl/α,β-unsaturated/α-hetero) is 1. The predicted molar refractivity (Wildman–Crippen MR) is 137 cm³/mol. The average molecular weight is 481 g/mol. The molecule has 0 bridgehead atoms. The molecule has 1 aliphatic heterocycles. The molecule has 1 amide bonds. The molecule has 1 heterocycles. The first-order valence-electron chi connectivity index (χ1n) is 12.2. The van der Waals surface area contributed by atoms with Crippen LogP contribution in [0.5, 0.6) is 11.5 Å². The molecule has 1 aliphatic rings. The van der Waals surface area contributed by atoms with Gasteiger partial charge in [0, 0.05) is 24.2 Å². The zero-order chi connectivity index (χ0) is 25.5. The maximum absolute atomic E-state index is 13.3. The highest BCUT2D eigenvalue weighted by Gasteiger charge is 2.46. The van der Waals surface area contributed by atoms with E-state index in [4.69, 9.17) is 9.47 Å². The second kappa shape index (κ2) is 11.9. The van der Waals surface area contributed by atoms with E-state index >= 15 is 0 Å². The Bertz CT molecular complexity index is 1060. The highest BCUT2D eigenvalue weighted by Crippen LogP contribution is 2.42. The van der Waals surface area contributed by atoms with E-state index in [1.807, 2.05) is 18.2 Å². The number of methoxy groups -OCH3 is 1. The van der Waals surface area contributed by atoms with Gasteiger partial charge < -0.3 is 24.4 Å². The standard InChI is InChI=1S/C28H36N2O5/c1-6-29(7-2)16-17-30-25(22-10-8-9-11-23(22)34-5)24(27(32)28(30)33)26(31)20-12-14-21(15-13-20)35-18-19(3)4/h8-15,19,25,31H,6-7,16-18H2,1-5H3/t25-/m1/s1. The first-order chi connectivity index (χ1) is 16.8. The average Bonchev–Trinajstić information content (AvgIpc) is 3.12. The van der Waals surface area contributed by atoms with Crippen molar-refractivity contribution in [3.63, 3.8) is 0 Å². The number of hydrogen-bond donors (Lipinski definition) is 1. The van der Waals surface area contributed by atoms with Gasteiger partial charge in [0.15, 0.2) is 0 Å². The third-order valence-corrected chi connectivity index (χ3v) is 6.24. The van der Waals surface area contributed by atoms with E-state index in [1.165, 1.54) is 0 Å². The van der Waals surface area contributed by atoms with Crippen LogP contribution in [0.25, 0.3) is 5.76 Å². The molecule has 0 radical (unpaired) electrons. The minimum Gasteiger partial charge on any atom is -0.507 e. The monoisotopic (exact) mass is 480 g/mol. The molecule has 2 aromatic carbocycles. The van der Waals surface area contributed by atoms with Crippen molar-refractivity contribution < 1.29 is 24.2 Å². The number of nitrogens with zero attached hydrogens (tertiary/aromatic N) is 2. The maximum atomic E-state index is 13.3. The quantitative estimate of drug-likeness (QED) is 0.290. The van der Waals surface area contributed by atoms with Gasteiger partial charge in [0.05, 0.1) is 25.3 Å². The minimum absolute atomic E-state index is 0.0647. The van der Waals surface area contributed by atoms with E-state index < -0.39 is 17.7 Å². The SMILES string of the molecule is CCN(CC)CCN1C(=O)C(=O)C(=C(O)c2ccc(OCC(C)C)cc2)[C@H]1c1ccccc1OC. The second-order valence-electron chi connectivity index (χ2n) is 8.99. The van der Waals surface area contributed by atoms with E-state index in [0.717, 1.165) is 13.1 Å². The lowest BCUT2D eigenvalue weighted by atomic mass is 9.94. The molecule has 0 spiro atoms. The van der Waals surface area contributed by atoms with Gasteiger partial charge in [-0.15, -0.1) is 0 Å². The largest absolute Gasteiger partial charge is 0.507 e. The first kappa shape index (κ1) is 26.3. The topological polar surface area (TPSA) is 79.3 Å². The number of rotatable bonds is 11. The predicted octanol–water partition coefficient (Wildman–Crippen LogP) is 4.49. The summed E-state index contributed by atoms with van der Waals surface area (Å²) in [6.45, 7) is 11.5. The zero-order valence-electron chi connectivity index (χ0n) is 21.3. The molecule has 1 fully saturated rings. The number of carbonyl (C=O) groups is 2. The Labute approximate surface area is 207 Å². The van der Waals surface area contributed by atoms with Gasteiger partial charge in [0.25, 0.3) is 11.7 Å². The van der Waals surface area contributed by atoms with Crippen molar-refractivity contribution >= 4 is 17.4 Å². The molecule has 0 aliphatic carbocycles. The third-order valence-electron chi connectivity index (χ3n) is 6.24. The van der Waals surface area contributed by atoms with E-state index in [9.17, 15) is 14.7 Å². The summed E-state index contributed by atoms with van der Waals surface area (Å²) in [5.74, 6) is 0.0904. The molecule has 2 aromatic rings. The maximum Gasteiger partial charge on any atom is 0.295 e. The summed E-state index contributed by atoms with van der Waals surface area (Å²) in [5.41, 5.74) is 1.17. The van der Waals surface area contributed by atoms with Crippen LogP contribution in [0.1, 0.15) is 44.9 Å². The number of para-hydroxylation sites is 1. The van der Waals surface area contributed by atoms with E-state index in [1.54, 1.807) is 42.3 Å². The van der Waals surface area contributed by atoms with Gasteiger partial charge in [-0.1, -0.05) is 45.9 Å². The molecule has 3 rings (SSSR count). The molecule has 1 saturated heterocycles. The van der Waals surface area contributed by atoms with Crippen molar-refractivity contribution in [1.29, 1.82) is 0 Å². The summed E-state index contributed by atoms with van der Waals surface area (Å²) in [6.07, 6.45) is 0. The second-order valence-corrected chi connectivity index (χ2v) is 8.99. The summed E-state index contributed by atoms with van der Waals surface area (Å²) >= 11 is 0. The van der Waals surface area contributed by atoms with Crippen LogP contribution in [0.15, 0.2) is 54.1 Å². The lowest BCUT2D eigenvalue weighted by Crippen LogP contribution is -2.38. The van der Waals surface area contributed by atoms with Gasteiger partial charge >= 0.3 is 0 Å². The van der Waals surface area contributed by atoms with Gasteiger partial charge in [0.1, 0.15) is 17.3 Å². The molecule has 188 valence electrons. The number of benzene rings is 2. The van der Waals surface area contributed by atoms with E-state index in [0.29, 0.717) is 48.2 Å². The van der Waals surface area contributed by atoms with Crippen LogP contribution in [0.4, 0.5) is 0 Å². The number of ether oxygens (including phenoxy) is 2. The molecular weight excluding hydrogens is 444 g/mol. The number of amides is 1. The van der Waals surface area contributed by atoms with Crippen LogP contribution in [0, 0.1) is 5.92 Å². The Hall–Kier alpha value is -3.32. The third kappa shape index (κ3) is 5.85. The normalized spacial score (nSPS) is 17.5. The number of hydrogen-bond acceptors (Lipinski definition) is 6. The van der Waals surface area contributed by atoms with Crippen molar-refractivity contribution in [2.24, 2.45) is 5.92 Å². The molecule has 0 saturated carbocycles. The summed E-state index contributed by atoms with van der Waals surface area (Å²) in [7, 11) is 1.55. The number of carbonyl (C=O) groups excluding carboxylic acids is 2. The van der Waals surface area contributed by atoms with Crippen molar-refractivity contribution in [2.45, 2.75) is 33.7 Å². The van der Waals surface area contributed by atoms with Crippen molar-refractivity contribution in [1.82, 2.24) is 9.80 Å². The van der Waals surface area contributed by atoms with E-state index in [2.05, 4.69) is 32.6 Å². The number of likely N-dealkylation sites (tertiary alicyclic amines) is 1. The molecule has 0 unspecified atom stereocenters. The molecular formula is C28H36N2O5. The fourth-order valence-electron chi connectivity index (χ4n) is 4.24. The number of likely N-dealkylation sites (N-methyl/N-ethyl adjacent to an activating group) is 1. The lowest BCUT2D eigenvalue weighted by Gasteiger charge is -2.29. The number of aliphatic hydroxyl groups is 1. The fourth-order valence-corrected chi connectivity index (χ4v) is 4.24. The van der Waals surface area contributed by atoms with Crippen molar-refractivity contribution in [2.75, 3.05) is 39.9 Å².